The van der Waals surface area contributed by atoms with Gasteiger partial charge in [0, 0.05) is 12.1 Å². The molecule has 0 radical (unpaired) electrons. The Balaban J connectivity index is 1.91. The number of ketones is 1. The van der Waals surface area contributed by atoms with Gasteiger partial charge in [0.2, 0.25) is 5.78 Å². The van der Waals surface area contributed by atoms with Crippen LogP contribution in [-0.4, -0.2) is 38.9 Å². The molecule has 0 bridgehead atoms. The molecule has 1 aromatic heterocycles. The van der Waals surface area contributed by atoms with E-state index < -0.39 is 23.3 Å². The lowest BCUT2D eigenvalue weighted by atomic mass is 9.85. The van der Waals surface area contributed by atoms with Crippen LogP contribution >= 0.6 is 0 Å². The van der Waals surface area contributed by atoms with Gasteiger partial charge in [-0.05, 0) is 43.2 Å². The number of esters is 1. The fraction of sp³-hybridized carbons (Fsp3) is 0.222. The summed E-state index contributed by atoms with van der Waals surface area (Å²) in [6.07, 6.45) is 0. The van der Waals surface area contributed by atoms with Gasteiger partial charge in [0.15, 0.2) is 11.4 Å². The molecule has 0 saturated carbocycles. The molecular weight excluding hydrogens is 454 g/mol. The molecule has 0 aliphatic rings. The minimum Gasteiger partial charge on any atom is -0.461 e. The van der Waals surface area contributed by atoms with Crippen LogP contribution in [0.15, 0.2) is 78.9 Å². The number of imidazole rings is 1. The van der Waals surface area contributed by atoms with Crippen LogP contribution in [0.4, 0.5) is 8.78 Å². The number of ether oxygens (including phenoxy) is 1. The number of rotatable bonds is 8. The van der Waals surface area contributed by atoms with Gasteiger partial charge in [-0.1, -0.05) is 60.7 Å². The van der Waals surface area contributed by atoms with Crippen molar-refractivity contribution in [1.29, 1.82) is 0 Å². The van der Waals surface area contributed by atoms with Crippen LogP contribution in [0.3, 0.4) is 0 Å². The smallest absolute Gasteiger partial charge is 0.404 e. The number of aliphatic hydroxyl groups is 1. The zero-order chi connectivity index (χ0) is 25.2. The summed E-state index contributed by atoms with van der Waals surface area (Å²) in [7, 11) is 0. The zero-order valence-electron chi connectivity index (χ0n) is 19.2. The molecule has 0 spiro atoms. The minimum absolute atomic E-state index is 0.272. The first-order valence-electron chi connectivity index (χ1n) is 11.2. The number of nitrogens with zero attached hydrogens (tertiary/aromatic N) is 2. The Labute approximate surface area is 200 Å². The van der Waals surface area contributed by atoms with E-state index in [4.69, 9.17) is 0 Å². The summed E-state index contributed by atoms with van der Waals surface area (Å²) in [5.41, 5.74) is -0.0971. The van der Waals surface area contributed by atoms with Crippen molar-refractivity contribution in [2.24, 2.45) is 0 Å². The first kappa shape index (κ1) is 24.2. The predicted octanol–water partition coefficient (Wildman–Crippen LogP) is 4.72. The van der Waals surface area contributed by atoms with E-state index in [1.807, 2.05) is 19.1 Å². The Morgan fingerprint density at radius 1 is 0.943 bits per heavy atom. The second kappa shape index (κ2) is 9.38. The van der Waals surface area contributed by atoms with E-state index in [0.717, 1.165) is 0 Å². The monoisotopic (exact) mass is 478 g/mol. The van der Waals surface area contributed by atoms with Crippen LogP contribution in [0.25, 0.3) is 11.0 Å². The topological polar surface area (TPSA) is 81.4 Å². The molecule has 0 saturated heterocycles. The molecule has 8 heteroatoms. The molecule has 35 heavy (non-hydrogen) atoms. The van der Waals surface area contributed by atoms with E-state index in [1.54, 1.807) is 53.1 Å². The Hall–Kier alpha value is -3.91. The van der Waals surface area contributed by atoms with Crippen molar-refractivity contribution in [2.75, 3.05) is 6.61 Å². The molecule has 0 unspecified atom stereocenters. The first-order valence-corrected chi connectivity index (χ1v) is 11.2. The van der Waals surface area contributed by atoms with Crippen molar-refractivity contribution in [3.63, 3.8) is 0 Å². The van der Waals surface area contributed by atoms with Crippen LogP contribution in [-0.2, 0) is 21.7 Å². The van der Waals surface area contributed by atoms with Crippen molar-refractivity contribution < 1.29 is 28.2 Å². The summed E-state index contributed by atoms with van der Waals surface area (Å²) in [4.78, 5) is 28.9. The highest BCUT2D eigenvalue weighted by atomic mass is 19.3. The summed E-state index contributed by atoms with van der Waals surface area (Å²) in [5, 5.41) is 12.1. The highest BCUT2D eigenvalue weighted by molar-refractivity contribution is 6.14. The van der Waals surface area contributed by atoms with Gasteiger partial charge in [0.25, 0.3) is 0 Å². The Bertz CT molecular complexity index is 1330. The largest absolute Gasteiger partial charge is 0.461 e. The molecule has 1 N–H and O–H groups in total. The summed E-state index contributed by atoms with van der Waals surface area (Å²) >= 11 is 0. The second-order valence-electron chi connectivity index (χ2n) is 7.95. The van der Waals surface area contributed by atoms with Gasteiger partial charge in [-0.2, -0.15) is 8.78 Å². The predicted molar refractivity (Wildman–Crippen MR) is 126 cm³/mol. The van der Waals surface area contributed by atoms with Crippen molar-refractivity contribution in [2.45, 2.75) is 31.9 Å². The number of hydrogen-bond donors (Lipinski definition) is 1. The average Bonchev–Trinajstić information content (AvgIpc) is 3.27. The molecule has 0 fully saturated rings. The maximum atomic E-state index is 14.4. The molecule has 0 amide bonds. The molecular formula is C27H24F2N2O4. The van der Waals surface area contributed by atoms with E-state index in [9.17, 15) is 23.5 Å². The van der Waals surface area contributed by atoms with Crippen LogP contribution in [0.1, 0.15) is 41.2 Å². The number of hydrogen-bond acceptors (Lipinski definition) is 5. The number of aryl methyl sites for hydroxylation is 1. The van der Waals surface area contributed by atoms with E-state index >= 15 is 0 Å². The van der Waals surface area contributed by atoms with Gasteiger partial charge in [-0.3, -0.25) is 4.79 Å². The Morgan fingerprint density at radius 2 is 1.51 bits per heavy atom. The third-order valence-corrected chi connectivity index (χ3v) is 5.85. The van der Waals surface area contributed by atoms with Gasteiger partial charge in [0.05, 0.1) is 17.6 Å². The van der Waals surface area contributed by atoms with E-state index in [1.165, 1.54) is 25.1 Å². The number of benzene rings is 3. The highest BCUT2D eigenvalue weighted by Gasteiger charge is 2.49. The van der Waals surface area contributed by atoms with Gasteiger partial charge in [0.1, 0.15) is 0 Å². The Morgan fingerprint density at radius 3 is 2.03 bits per heavy atom. The molecule has 0 aliphatic heterocycles. The van der Waals surface area contributed by atoms with Crippen molar-refractivity contribution >= 4 is 22.8 Å². The number of carbonyl (C=O) groups excluding carboxylic acids is 2. The minimum atomic E-state index is -4.32. The molecule has 3 aromatic carbocycles. The summed E-state index contributed by atoms with van der Waals surface area (Å²) < 4.78 is 34.9. The van der Waals surface area contributed by atoms with Crippen LogP contribution < -0.4 is 0 Å². The fourth-order valence-electron chi connectivity index (χ4n) is 4.14. The number of Topliss-reactive ketones (excluding diaryl/α,β-unsaturated/α-hetero) is 1. The zero-order valence-corrected chi connectivity index (χ0v) is 19.2. The van der Waals surface area contributed by atoms with Crippen molar-refractivity contribution in [3.05, 3.63) is 101 Å². The number of halogens is 2. The van der Waals surface area contributed by atoms with Gasteiger partial charge < -0.3 is 14.4 Å². The van der Waals surface area contributed by atoms with Crippen LogP contribution in [0.5, 0.6) is 0 Å². The molecule has 4 rings (SSSR count). The molecule has 0 atom stereocenters. The maximum absolute atomic E-state index is 14.4. The van der Waals surface area contributed by atoms with Gasteiger partial charge in [-0.15, -0.1) is 0 Å². The van der Waals surface area contributed by atoms with Gasteiger partial charge >= 0.3 is 11.9 Å². The number of aromatic nitrogens is 2. The summed E-state index contributed by atoms with van der Waals surface area (Å²) in [6.45, 7) is 3.26. The quantitative estimate of drug-likeness (QED) is 0.225. The lowest BCUT2D eigenvalue weighted by molar-refractivity contribution is -0.164. The number of carbonyl (C=O) groups is 2. The number of alkyl halides is 2. The van der Waals surface area contributed by atoms with Crippen LogP contribution in [0.2, 0.25) is 0 Å². The molecule has 0 aliphatic carbocycles. The lowest BCUT2D eigenvalue weighted by Gasteiger charge is -2.29. The van der Waals surface area contributed by atoms with Crippen molar-refractivity contribution in [1.82, 2.24) is 9.55 Å². The maximum Gasteiger partial charge on any atom is 0.404 e. The van der Waals surface area contributed by atoms with Crippen LogP contribution in [0, 0.1) is 0 Å². The van der Waals surface area contributed by atoms with Gasteiger partial charge in [-0.25, -0.2) is 9.78 Å². The average molecular weight is 478 g/mol. The molecule has 180 valence electrons. The molecule has 4 aromatic rings. The summed E-state index contributed by atoms with van der Waals surface area (Å²) in [5.74, 6) is -7.60. The lowest BCUT2D eigenvalue weighted by Crippen LogP contribution is -2.39. The summed E-state index contributed by atoms with van der Waals surface area (Å²) in [6, 6.07) is 21.9. The van der Waals surface area contributed by atoms with E-state index in [-0.39, 0.29) is 18.0 Å². The standard InChI is InChI=1S/C27H24F2N2O4/c1-3-31-22-17-18(23(32)27(28,29)25(33)35-4-2)15-16-21(22)30-24(31)26(34,19-11-7-5-8-12-19)20-13-9-6-10-14-20/h5-17,34H,3-4H2,1-2H3. The third-order valence-electron chi connectivity index (χ3n) is 5.85. The highest BCUT2D eigenvalue weighted by Crippen LogP contribution is 2.38. The first-order chi connectivity index (χ1) is 16.7. The fourth-order valence-corrected chi connectivity index (χ4v) is 4.14. The number of fused-ring (bicyclic) bond motifs is 1. The Kier molecular flexibility index (Phi) is 6.49. The third kappa shape index (κ3) is 4.10. The van der Waals surface area contributed by atoms with E-state index in [2.05, 4.69) is 9.72 Å². The van der Waals surface area contributed by atoms with Crippen molar-refractivity contribution in [3.8, 4) is 0 Å². The van der Waals surface area contributed by atoms with E-state index in [0.29, 0.717) is 28.7 Å². The second-order valence-corrected chi connectivity index (χ2v) is 7.95. The molecule has 1 heterocycles. The molecule has 6 nitrogen and oxygen atoms in total. The normalized spacial score (nSPS) is 12.0. The SMILES string of the molecule is CCOC(=O)C(F)(F)C(=O)c1ccc2nc(C(O)(c3ccccc3)c3ccccc3)n(CC)c2c1.